The third-order valence-corrected chi connectivity index (χ3v) is 7.03. The predicted molar refractivity (Wildman–Crippen MR) is 144 cm³/mol. The highest BCUT2D eigenvalue weighted by Crippen LogP contribution is 2.38. The van der Waals surface area contributed by atoms with E-state index < -0.39 is 10.0 Å². The maximum absolute atomic E-state index is 13.0. The summed E-state index contributed by atoms with van der Waals surface area (Å²) in [5, 5.41) is 9.97. The van der Waals surface area contributed by atoms with Gasteiger partial charge in [0.15, 0.2) is 0 Å². The molecule has 3 aromatic carbocycles. The van der Waals surface area contributed by atoms with E-state index in [4.69, 9.17) is 11.6 Å². The minimum Gasteiger partial charge on any atom is -0.354 e. The third-order valence-electron chi connectivity index (χ3n) is 5.61. The molecule has 0 atom stereocenters. The fourth-order valence-electron chi connectivity index (χ4n) is 3.98. The van der Waals surface area contributed by atoms with Gasteiger partial charge in [-0.15, -0.1) is 0 Å². The molecule has 1 aliphatic rings. The van der Waals surface area contributed by atoms with Crippen LogP contribution in [0.3, 0.4) is 0 Å². The summed E-state index contributed by atoms with van der Waals surface area (Å²) in [5.41, 5.74) is 4.70. The van der Waals surface area contributed by atoms with Gasteiger partial charge in [-0.1, -0.05) is 54.9 Å². The van der Waals surface area contributed by atoms with Crippen molar-refractivity contribution >= 4 is 55.9 Å². The molecule has 1 amide bonds. The summed E-state index contributed by atoms with van der Waals surface area (Å²) in [6, 6.07) is 22.0. The van der Waals surface area contributed by atoms with Gasteiger partial charge in [-0.25, -0.2) is 8.42 Å². The zero-order chi connectivity index (χ0) is 25.0. The molecule has 3 aromatic rings. The van der Waals surface area contributed by atoms with Gasteiger partial charge < -0.3 is 16.0 Å². The van der Waals surface area contributed by atoms with Crippen LogP contribution >= 0.6 is 11.6 Å². The normalized spacial score (nSPS) is 14.3. The first-order chi connectivity index (χ1) is 16.8. The maximum atomic E-state index is 13.0. The van der Waals surface area contributed by atoms with E-state index in [1.54, 1.807) is 36.4 Å². The van der Waals surface area contributed by atoms with E-state index in [0.717, 1.165) is 23.4 Å². The second-order valence-corrected chi connectivity index (χ2v) is 10.5. The maximum Gasteiger partial charge on any atom is 0.258 e. The number of rotatable bonds is 9. The second-order valence-electron chi connectivity index (χ2n) is 8.12. The first-order valence-electron chi connectivity index (χ1n) is 11.2. The van der Waals surface area contributed by atoms with E-state index in [9.17, 15) is 13.2 Å². The summed E-state index contributed by atoms with van der Waals surface area (Å²) >= 11 is 6.12. The highest BCUT2D eigenvalue weighted by molar-refractivity contribution is 7.92. The van der Waals surface area contributed by atoms with Crippen molar-refractivity contribution in [2.75, 3.05) is 40.8 Å². The molecular weight excluding hydrogens is 484 g/mol. The van der Waals surface area contributed by atoms with Crippen LogP contribution in [0.25, 0.3) is 11.3 Å². The van der Waals surface area contributed by atoms with E-state index in [1.165, 1.54) is 10.6 Å². The summed E-state index contributed by atoms with van der Waals surface area (Å²) in [7, 11) is -3.43. The van der Waals surface area contributed by atoms with E-state index in [2.05, 4.69) is 16.0 Å². The van der Waals surface area contributed by atoms with Gasteiger partial charge in [0.1, 0.15) is 0 Å². The van der Waals surface area contributed by atoms with Crippen LogP contribution in [0.4, 0.5) is 17.1 Å². The van der Waals surface area contributed by atoms with Crippen LogP contribution in [0.15, 0.2) is 72.8 Å². The molecule has 0 aliphatic carbocycles. The van der Waals surface area contributed by atoms with Gasteiger partial charge >= 0.3 is 0 Å². The largest absolute Gasteiger partial charge is 0.354 e. The number of amides is 1. The van der Waals surface area contributed by atoms with E-state index in [0.29, 0.717) is 40.8 Å². The Labute approximate surface area is 210 Å². The lowest BCUT2D eigenvalue weighted by atomic mass is 10.00. The molecule has 0 unspecified atom stereocenters. The van der Waals surface area contributed by atoms with Crippen molar-refractivity contribution in [3.8, 4) is 0 Å². The van der Waals surface area contributed by atoms with Crippen LogP contribution in [0, 0.1) is 0 Å². The number of nitrogens with one attached hydrogen (secondary N) is 3. The van der Waals surface area contributed by atoms with Crippen molar-refractivity contribution in [1.29, 1.82) is 0 Å². The van der Waals surface area contributed by atoms with Crippen molar-refractivity contribution in [2.45, 2.75) is 6.92 Å². The lowest BCUT2D eigenvalue weighted by molar-refractivity contribution is -0.110. The number of likely N-dealkylation sites (N-methyl/N-ethyl adjacent to an activating group) is 1. The fraction of sp³-hybridized carbons (Fsp3) is 0.192. The van der Waals surface area contributed by atoms with Crippen molar-refractivity contribution in [3.05, 3.63) is 88.9 Å². The molecule has 1 heterocycles. The van der Waals surface area contributed by atoms with E-state index >= 15 is 0 Å². The Kier molecular flexibility index (Phi) is 7.45. The van der Waals surface area contributed by atoms with Gasteiger partial charge in [0.05, 0.1) is 28.9 Å². The zero-order valence-corrected chi connectivity index (χ0v) is 21.1. The number of benzene rings is 3. The number of sulfonamides is 1. The molecule has 0 spiro atoms. The van der Waals surface area contributed by atoms with Gasteiger partial charge in [0, 0.05) is 29.4 Å². The summed E-state index contributed by atoms with van der Waals surface area (Å²) in [6.07, 6.45) is 1.20. The summed E-state index contributed by atoms with van der Waals surface area (Å²) in [4.78, 5) is 13.0. The molecule has 0 saturated carbocycles. The second kappa shape index (κ2) is 10.5. The molecule has 35 heavy (non-hydrogen) atoms. The van der Waals surface area contributed by atoms with Crippen LogP contribution in [-0.4, -0.2) is 40.2 Å². The molecule has 0 saturated heterocycles. The number of fused-ring (bicyclic) bond motifs is 1. The predicted octanol–water partition coefficient (Wildman–Crippen LogP) is 4.65. The molecule has 0 aromatic heterocycles. The zero-order valence-electron chi connectivity index (χ0n) is 19.5. The van der Waals surface area contributed by atoms with Gasteiger partial charge in [0.2, 0.25) is 10.0 Å². The molecule has 4 rings (SSSR count). The lowest BCUT2D eigenvalue weighted by Gasteiger charge is -2.23. The van der Waals surface area contributed by atoms with Crippen molar-refractivity contribution in [3.63, 3.8) is 0 Å². The quantitative estimate of drug-likeness (QED) is 0.288. The highest BCUT2D eigenvalue weighted by atomic mass is 35.5. The number of carbonyl (C=O) groups is 1. The van der Waals surface area contributed by atoms with Gasteiger partial charge in [-0.2, -0.15) is 0 Å². The topological polar surface area (TPSA) is 90.5 Å². The minimum atomic E-state index is -3.43. The molecule has 0 radical (unpaired) electrons. The Morgan fingerprint density at radius 1 is 1.03 bits per heavy atom. The number of hydrogen-bond acceptors (Lipinski definition) is 5. The number of nitrogens with zero attached hydrogens (tertiary/aromatic N) is 1. The summed E-state index contributed by atoms with van der Waals surface area (Å²) < 4.78 is 26.1. The van der Waals surface area contributed by atoms with Crippen LogP contribution < -0.4 is 20.3 Å². The van der Waals surface area contributed by atoms with E-state index in [1.807, 2.05) is 43.3 Å². The smallest absolute Gasteiger partial charge is 0.258 e. The fourth-order valence-corrected chi connectivity index (χ4v) is 5.08. The Balaban J connectivity index is 1.71. The average molecular weight is 511 g/mol. The SMILES string of the molecule is CCNCCN(c1ccc(NC(=C2C(=O)Nc3cc(Cl)ccc32)c2ccccc2)cc1)S(C)(=O)=O. The molecule has 0 bridgehead atoms. The van der Waals surface area contributed by atoms with E-state index in [-0.39, 0.29) is 5.91 Å². The summed E-state index contributed by atoms with van der Waals surface area (Å²) in [5.74, 6) is -0.225. The average Bonchev–Trinajstić information content (AvgIpc) is 3.15. The Bertz CT molecular complexity index is 1360. The molecule has 3 N–H and O–H groups in total. The molecule has 9 heteroatoms. The monoisotopic (exact) mass is 510 g/mol. The number of halogens is 1. The van der Waals surface area contributed by atoms with Crippen LogP contribution in [-0.2, 0) is 14.8 Å². The number of hydrogen-bond donors (Lipinski definition) is 3. The lowest BCUT2D eigenvalue weighted by Crippen LogP contribution is -2.36. The van der Waals surface area contributed by atoms with Gasteiger partial charge in [0.25, 0.3) is 5.91 Å². The highest BCUT2D eigenvalue weighted by Gasteiger charge is 2.28. The van der Waals surface area contributed by atoms with Crippen molar-refractivity contribution in [2.24, 2.45) is 0 Å². The Morgan fingerprint density at radius 2 is 1.74 bits per heavy atom. The molecule has 7 nitrogen and oxygen atoms in total. The summed E-state index contributed by atoms with van der Waals surface area (Å²) in [6.45, 7) is 3.62. The van der Waals surface area contributed by atoms with Crippen molar-refractivity contribution in [1.82, 2.24) is 5.32 Å². The van der Waals surface area contributed by atoms with Gasteiger partial charge in [-0.05, 0) is 48.5 Å². The molecule has 1 aliphatic heterocycles. The number of anilines is 3. The van der Waals surface area contributed by atoms with Crippen LogP contribution in [0.2, 0.25) is 5.02 Å². The standard InChI is InChI=1S/C26H27ClN4O3S/c1-3-28-15-16-31(35(2,33)34)21-12-10-20(11-13-21)29-25(18-7-5-4-6-8-18)24-22-14-9-19(27)17-23(22)30-26(24)32/h4-14,17,28-29H,3,15-16H2,1-2H3,(H,30,32). The molecule has 182 valence electrons. The van der Waals surface area contributed by atoms with Gasteiger partial charge in [-0.3, -0.25) is 9.10 Å². The third kappa shape index (κ3) is 5.67. The first kappa shape index (κ1) is 24.8. The molecular formula is C26H27ClN4O3S. The number of carbonyl (C=O) groups excluding carboxylic acids is 1. The Morgan fingerprint density at radius 3 is 2.40 bits per heavy atom. The van der Waals surface area contributed by atoms with Crippen LogP contribution in [0.5, 0.6) is 0 Å². The minimum absolute atomic E-state index is 0.225. The molecule has 0 fully saturated rings. The van der Waals surface area contributed by atoms with Crippen molar-refractivity contribution < 1.29 is 13.2 Å². The Hall–Kier alpha value is -3.33. The first-order valence-corrected chi connectivity index (χ1v) is 13.5. The van der Waals surface area contributed by atoms with Crippen LogP contribution in [0.1, 0.15) is 18.1 Å².